The Balaban J connectivity index is 1.26. The standard InChI is InChI=1S/C22H24ClN3O2/c23-17-5-3-16(4-6-17)22(28)26-13-11-20(12-14-26)24-18-7-9-19(10-8-18)25-21(27)15-1-2-15/h3-10,15,20,24H,1-2,11-14H2,(H,25,27). The Kier molecular flexibility index (Phi) is 5.53. The van der Waals surface area contributed by atoms with Gasteiger partial charge in [-0.1, -0.05) is 11.6 Å². The number of piperidine rings is 1. The number of nitrogens with one attached hydrogen (secondary N) is 2. The maximum atomic E-state index is 12.6. The van der Waals surface area contributed by atoms with Gasteiger partial charge in [0.1, 0.15) is 0 Å². The predicted molar refractivity (Wildman–Crippen MR) is 112 cm³/mol. The number of benzene rings is 2. The highest BCUT2D eigenvalue weighted by Gasteiger charge is 2.29. The minimum atomic E-state index is 0.0610. The van der Waals surface area contributed by atoms with E-state index in [0.717, 1.165) is 50.1 Å². The normalized spacial score (nSPS) is 17.2. The van der Waals surface area contributed by atoms with E-state index in [1.807, 2.05) is 29.2 Å². The molecule has 0 radical (unpaired) electrons. The summed E-state index contributed by atoms with van der Waals surface area (Å²) in [6.07, 6.45) is 3.81. The van der Waals surface area contributed by atoms with E-state index < -0.39 is 0 Å². The summed E-state index contributed by atoms with van der Waals surface area (Å²) < 4.78 is 0. The molecule has 0 bridgehead atoms. The Labute approximate surface area is 170 Å². The van der Waals surface area contributed by atoms with Crippen LogP contribution in [-0.4, -0.2) is 35.8 Å². The van der Waals surface area contributed by atoms with Gasteiger partial charge in [0.05, 0.1) is 0 Å². The zero-order valence-corrected chi connectivity index (χ0v) is 16.4. The summed E-state index contributed by atoms with van der Waals surface area (Å²) in [6.45, 7) is 1.46. The van der Waals surface area contributed by atoms with Crippen molar-refractivity contribution in [3.05, 3.63) is 59.1 Å². The number of hydrogen-bond acceptors (Lipinski definition) is 3. The van der Waals surface area contributed by atoms with Crippen molar-refractivity contribution in [2.75, 3.05) is 23.7 Å². The molecule has 2 aromatic carbocycles. The SMILES string of the molecule is O=C(Nc1ccc(NC2CCN(C(=O)c3ccc(Cl)cc3)CC2)cc1)C1CC1. The molecule has 0 aromatic heterocycles. The van der Waals surface area contributed by atoms with Gasteiger partial charge in [-0.3, -0.25) is 9.59 Å². The lowest BCUT2D eigenvalue weighted by Gasteiger charge is -2.33. The minimum Gasteiger partial charge on any atom is -0.382 e. The molecule has 2 N–H and O–H groups in total. The number of carbonyl (C=O) groups excluding carboxylic acids is 2. The van der Waals surface area contributed by atoms with Crippen LogP contribution >= 0.6 is 11.6 Å². The van der Waals surface area contributed by atoms with Crippen LogP contribution in [0.2, 0.25) is 5.02 Å². The van der Waals surface area contributed by atoms with Crippen LogP contribution in [0.15, 0.2) is 48.5 Å². The van der Waals surface area contributed by atoms with E-state index in [-0.39, 0.29) is 17.7 Å². The van der Waals surface area contributed by atoms with Gasteiger partial charge in [-0.2, -0.15) is 0 Å². The van der Waals surface area contributed by atoms with Crippen molar-refractivity contribution in [1.29, 1.82) is 0 Å². The fourth-order valence-electron chi connectivity index (χ4n) is 3.48. The van der Waals surface area contributed by atoms with Crippen molar-refractivity contribution in [2.45, 2.75) is 31.7 Å². The third-order valence-corrected chi connectivity index (χ3v) is 5.60. The Morgan fingerprint density at radius 1 is 0.857 bits per heavy atom. The lowest BCUT2D eigenvalue weighted by atomic mass is 10.0. The summed E-state index contributed by atoms with van der Waals surface area (Å²) in [5.74, 6) is 0.392. The number of halogens is 1. The summed E-state index contributed by atoms with van der Waals surface area (Å²) in [5, 5.41) is 7.12. The van der Waals surface area contributed by atoms with Gasteiger partial charge in [0.15, 0.2) is 0 Å². The van der Waals surface area contributed by atoms with Crippen molar-refractivity contribution in [2.24, 2.45) is 5.92 Å². The molecule has 2 fully saturated rings. The first-order valence-corrected chi connectivity index (χ1v) is 10.2. The first kappa shape index (κ1) is 18.8. The fraction of sp³-hybridized carbons (Fsp3) is 0.364. The van der Waals surface area contributed by atoms with Crippen LogP contribution in [0.5, 0.6) is 0 Å². The monoisotopic (exact) mass is 397 g/mol. The molecule has 0 atom stereocenters. The van der Waals surface area contributed by atoms with Crippen molar-refractivity contribution >= 4 is 34.8 Å². The summed E-state index contributed by atoms with van der Waals surface area (Å²) >= 11 is 5.90. The van der Waals surface area contributed by atoms with Crippen LogP contribution in [-0.2, 0) is 4.79 Å². The van der Waals surface area contributed by atoms with E-state index in [9.17, 15) is 9.59 Å². The highest BCUT2D eigenvalue weighted by molar-refractivity contribution is 6.30. The molecule has 2 amide bonds. The summed E-state index contributed by atoms with van der Waals surface area (Å²) in [6, 6.07) is 15.2. The highest BCUT2D eigenvalue weighted by Crippen LogP contribution is 2.30. The third-order valence-electron chi connectivity index (χ3n) is 5.34. The van der Waals surface area contributed by atoms with E-state index >= 15 is 0 Å². The third kappa shape index (κ3) is 4.65. The summed E-state index contributed by atoms with van der Waals surface area (Å²) in [4.78, 5) is 26.3. The van der Waals surface area contributed by atoms with Gasteiger partial charge in [0.25, 0.3) is 5.91 Å². The molecular formula is C22H24ClN3O2. The second kappa shape index (κ2) is 8.23. The molecule has 5 nitrogen and oxygen atoms in total. The lowest BCUT2D eigenvalue weighted by molar-refractivity contribution is -0.117. The number of hydrogen-bond donors (Lipinski definition) is 2. The quantitative estimate of drug-likeness (QED) is 0.785. The summed E-state index contributed by atoms with van der Waals surface area (Å²) in [7, 11) is 0. The summed E-state index contributed by atoms with van der Waals surface area (Å²) in [5.41, 5.74) is 2.55. The van der Waals surface area contributed by atoms with Gasteiger partial charge in [-0.25, -0.2) is 0 Å². The molecule has 28 heavy (non-hydrogen) atoms. The highest BCUT2D eigenvalue weighted by atomic mass is 35.5. The second-order valence-corrected chi connectivity index (χ2v) is 8.00. The molecule has 4 rings (SSSR count). The van der Waals surface area contributed by atoms with Crippen LogP contribution in [0.3, 0.4) is 0 Å². The molecule has 1 heterocycles. The molecule has 0 spiro atoms. The molecule has 1 saturated heterocycles. The van der Waals surface area contributed by atoms with E-state index in [4.69, 9.17) is 11.6 Å². The maximum Gasteiger partial charge on any atom is 0.253 e. The van der Waals surface area contributed by atoms with E-state index in [2.05, 4.69) is 10.6 Å². The lowest BCUT2D eigenvalue weighted by Crippen LogP contribution is -2.42. The molecule has 6 heteroatoms. The molecule has 1 aliphatic carbocycles. The molecule has 2 aromatic rings. The maximum absolute atomic E-state index is 12.6. The fourth-order valence-corrected chi connectivity index (χ4v) is 3.60. The van der Waals surface area contributed by atoms with E-state index in [1.165, 1.54) is 0 Å². The van der Waals surface area contributed by atoms with Crippen molar-refractivity contribution in [3.63, 3.8) is 0 Å². The molecule has 146 valence electrons. The largest absolute Gasteiger partial charge is 0.382 e. The molecule has 1 saturated carbocycles. The predicted octanol–water partition coefficient (Wildman–Crippen LogP) is 4.41. The first-order valence-electron chi connectivity index (χ1n) is 9.81. The average molecular weight is 398 g/mol. The van der Waals surface area contributed by atoms with Gasteiger partial charge >= 0.3 is 0 Å². The van der Waals surface area contributed by atoms with Crippen LogP contribution < -0.4 is 10.6 Å². The van der Waals surface area contributed by atoms with E-state index in [0.29, 0.717) is 16.6 Å². The molecule has 1 aliphatic heterocycles. The van der Waals surface area contributed by atoms with Gasteiger partial charge in [-0.15, -0.1) is 0 Å². The van der Waals surface area contributed by atoms with Gasteiger partial charge in [0, 0.05) is 47.0 Å². The van der Waals surface area contributed by atoms with Crippen molar-refractivity contribution in [3.8, 4) is 0 Å². The Bertz CT molecular complexity index is 839. The van der Waals surface area contributed by atoms with Crippen LogP contribution in [0.1, 0.15) is 36.0 Å². The number of rotatable bonds is 5. The van der Waals surface area contributed by atoms with Crippen molar-refractivity contribution < 1.29 is 9.59 Å². The zero-order chi connectivity index (χ0) is 19.5. The number of amides is 2. The first-order chi connectivity index (χ1) is 13.6. The average Bonchev–Trinajstić information content (AvgIpc) is 3.56. The number of nitrogens with zero attached hydrogens (tertiary/aromatic N) is 1. The van der Waals surface area contributed by atoms with Gasteiger partial charge in [0.2, 0.25) is 5.91 Å². The Morgan fingerprint density at radius 2 is 1.46 bits per heavy atom. The molecule has 0 unspecified atom stereocenters. The zero-order valence-electron chi connectivity index (χ0n) is 15.7. The number of anilines is 2. The second-order valence-electron chi connectivity index (χ2n) is 7.56. The topological polar surface area (TPSA) is 61.4 Å². The van der Waals surface area contributed by atoms with Crippen LogP contribution in [0.25, 0.3) is 0 Å². The van der Waals surface area contributed by atoms with Crippen molar-refractivity contribution in [1.82, 2.24) is 4.90 Å². The van der Waals surface area contributed by atoms with Gasteiger partial charge in [-0.05, 0) is 74.2 Å². The van der Waals surface area contributed by atoms with Crippen LogP contribution in [0.4, 0.5) is 11.4 Å². The van der Waals surface area contributed by atoms with Gasteiger partial charge < -0.3 is 15.5 Å². The smallest absolute Gasteiger partial charge is 0.253 e. The number of carbonyl (C=O) groups is 2. The molecular weight excluding hydrogens is 374 g/mol. The Morgan fingerprint density at radius 3 is 2.07 bits per heavy atom. The number of likely N-dealkylation sites (tertiary alicyclic amines) is 1. The van der Waals surface area contributed by atoms with E-state index in [1.54, 1.807) is 24.3 Å². The Hall–Kier alpha value is -2.53. The molecule has 2 aliphatic rings. The minimum absolute atomic E-state index is 0.0610. The van der Waals surface area contributed by atoms with Crippen LogP contribution in [0, 0.1) is 5.92 Å².